The highest BCUT2D eigenvalue weighted by Crippen LogP contribution is 2.35. The summed E-state index contributed by atoms with van der Waals surface area (Å²) in [6.45, 7) is 3.44. The second-order valence-corrected chi connectivity index (χ2v) is 8.10. The van der Waals surface area contributed by atoms with E-state index < -0.39 is 18.7 Å². The van der Waals surface area contributed by atoms with Crippen LogP contribution < -0.4 is 0 Å². The number of hydrogen-bond acceptors (Lipinski definition) is 6. The SMILES string of the molecule is CC=CCC1CC(=O)CC1CC(=O)OCOC(=O)CC1CC(=O)CC1CC=CC. The number of carbonyl (C=O) groups is 4. The third kappa shape index (κ3) is 7.59. The monoisotopic (exact) mass is 404 g/mol. The summed E-state index contributed by atoms with van der Waals surface area (Å²) >= 11 is 0. The van der Waals surface area contributed by atoms with Gasteiger partial charge < -0.3 is 9.47 Å². The quantitative estimate of drug-likeness (QED) is 0.311. The highest BCUT2D eigenvalue weighted by Gasteiger charge is 2.35. The van der Waals surface area contributed by atoms with Crippen molar-refractivity contribution in [3.05, 3.63) is 24.3 Å². The lowest BCUT2D eigenvalue weighted by molar-refractivity contribution is -0.168. The smallest absolute Gasteiger partial charge is 0.308 e. The molecular weight excluding hydrogens is 372 g/mol. The lowest BCUT2D eigenvalue weighted by Gasteiger charge is -2.17. The number of esters is 2. The molecule has 0 bridgehead atoms. The van der Waals surface area contributed by atoms with E-state index in [4.69, 9.17) is 9.47 Å². The van der Waals surface area contributed by atoms with Gasteiger partial charge >= 0.3 is 11.9 Å². The summed E-state index contributed by atoms with van der Waals surface area (Å²) in [5.41, 5.74) is 0. The molecule has 0 aromatic heterocycles. The third-order valence-electron chi connectivity index (χ3n) is 5.94. The van der Waals surface area contributed by atoms with E-state index in [1.807, 2.05) is 38.2 Å². The Morgan fingerprint density at radius 1 is 0.759 bits per heavy atom. The van der Waals surface area contributed by atoms with Gasteiger partial charge in [-0.15, -0.1) is 0 Å². The van der Waals surface area contributed by atoms with Crippen LogP contribution in [-0.2, 0) is 28.7 Å². The Kier molecular flexibility index (Phi) is 9.29. The van der Waals surface area contributed by atoms with Crippen molar-refractivity contribution in [2.75, 3.05) is 6.79 Å². The molecule has 29 heavy (non-hydrogen) atoms. The third-order valence-corrected chi connectivity index (χ3v) is 5.94. The van der Waals surface area contributed by atoms with Gasteiger partial charge in [0.15, 0.2) is 0 Å². The molecule has 0 saturated heterocycles. The van der Waals surface area contributed by atoms with Gasteiger partial charge in [-0.25, -0.2) is 0 Å². The maximum atomic E-state index is 12.1. The van der Waals surface area contributed by atoms with Crippen LogP contribution >= 0.6 is 0 Å². The van der Waals surface area contributed by atoms with Crippen LogP contribution in [0.15, 0.2) is 24.3 Å². The lowest BCUT2D eigenvalue weighted by Crippen LogP contribution is -2.19. The van der Waals surface area contributed by atoms with Gasteiger partial charge in [-0.3, -0.25) is 19.2 Å². The molecule has 2 fully saturated rings. The van der Waals surface area contributed by atoms with E-state index in [2.05, 4.69) is 0 Å². The Labute approximate surface area is 172 Å². The van der Waals surface area contributed by atoms with Crippen molar-refractivity contribution in [2.24, 2.45) is 23.7 Å². The molecule has 2 saturated carbocycles. The molecule has 2 rings (SSSR count). The molecule has 0 amide bonds. The molecule has 160 valence electrons. The molecule has 0 spiro atoms. The molecule has 0 heterocycles. The van der Waals surface area contributed by atoms with Gasteiger partial charge in [0.1, 0.15) is 11.6 Å². The van der Waals surface area contributed by atoms with E-state index in [1.54, 1.807) is 0 Å². The topological polar surface area (TPSA) is 86.7 Å². The summed E-state index contributed by atoms with van der Waals surface area (Å²) in [5.74, 6) is -0.234. The lowest BCUT2D eigenvalue weighted by atomic mass is 9.90. The maximum absolute atomic E-state index is 12.1. The van der Waals surface area contributed by atoms with Crippen LogP contribution in [0.4, 0.5) is 0 Å². The molecular formula is C23H32O6. The molecule has 2 aliphatic carbocycles. The number of allylic oxidation sites excluding steroid dienone is 4. The molecule has 0 aliphatic heterocycles. The Hall–Kier alpha value is -2.24. The number of Topliss-reactive ketones (excluding diaryl/α,β-unsaturated/α-hetero) is 2. The minimum Gasteiger partial charge on any atom is -0.428 e. The zero-order valence-electron chi connectivity index (χ0n) is 17.4. The first-order valence-electron chi connectivity index (χ1n) is 10.5. The Morgan fingerprint density at radius 2 is 1.14 bits per heavy atom. The molecule has 4 unspecified atom stereocenters. The van der Waals surface area contributed by atoms with Crippen LogP contribution in [0.3, 0.4) is 0 Å². The molecule has 0 N–H and O–H groups in total. The Morgan fingerprint density at radius 3 is 1.52 bits per heavy atom. The Balaban J connectivity index is 1.70. The number of rotatable bonds is 10. The first-order valence-corrected chi connectivity index (χ1v) is 10.5. The van der Waals surface area contributed by atoms with E-state index in [9.17, 15) is 19.2 Å². The molecule has 0 aromatic rings. The predicted molar refractivity (Wildman–Crippen MR) is 108 cm³/mol. The van der Waals surface area contributed by atoms with Crippen LogP contribution in [0.1, 0.15) is 65.2 Å². The fraction of sp³-hybridized carbons (Fsp3) is 0.652. The molecule has 6 nitrogen and oxygen atoms in total. The van der Waals surface area contributed by atoms with Crippen molar-refractivity contribution in [3.8, 4) is 0 Å². The van der Waals surface area contributed by atoms with Gasteiger partial charge in [-0.2, -0.15) is 0 Å². The van der Waals surface area contributed by atoms with Gasteiger partial charge in [0, 0.05) is 38.5 Å². The van der Waals surface area contributed by atoms with E-state index in [0.717, 1.165) is 12.8 Å². The van der Waals surface area contributed by atoms with Gasteiger partial charge in [-0.1, -0.05) is 24.3 Å². The Bertz CT molecular complexity index is 606. The zero-order chi connectivity index (χ0) is 21.2. The fourth-order valence-electron chi connectivity index (χ4n) is 4.36. The highest BCUT2D eigenvalue weighted by atomic mass is 16.7. The average Bonchev–Trinajstić information content (AvgIpc) is 3.19. The normalized spacial score (nSPS) is 27.2. The zero-order valence-corrected chi connectivity index (χ0v) is 17.4. The van der Waals surface area contributed by atoms with Crippen molar-refractivity contribution < 1.29 is 28.7 Å². The van der Waals surface area contributed by atoms with Gasteiger partial charge in [0.25, 0.3) is 0 Å². The predicted octanol–water partition coefficient (Wildman–Crippen LogP) is 3.93. The number of ether oxygens (including phenoxy) is 2. The van der Waals surface area contributed by atoms with Crippen LogP contribution in [-0.4, -0.2) is 30.3 Å². The van der Waals surface area contributed by atoms with E-state index in [0.29, 0.717) is 25.7 Å². The van der Waals surface area contributed by atoms with E-state index in [-0.39, 0.29) is 48.1 Å². The molecule has 2 aliphatic rings. The largest absolute Gasteiger partial charge is 0.428 e. The highest BCUT2D eigenvalue weighted by molar-refractivity contribution is 5.83. The molecule has 6 heteroatoms. The first-order chi connectivity index (χ1) is 13.9. The fourth-order valence-corrected chi connectivity index (χ4v) is 4.36. The van der Waals surface area contributed by atoms with Crippen LogP contribution in [0.2, 0.25) is 0 Å². The molecule has 0 radical (unpaired) electrons. The second-order valence-electron chi connectivity index (χ2n) is 8.10. The number of hydrogen-bond donors (Lipinski definition) is 0. The van der Waals surface area contributed by atoms with Crippen molar-refractivity contribution in [1.82, 2.24) is 0 Å². The summed E-state index contributed by atoms with van der Waals surface area (Å²) in [6, 6.07) is 0. The first kappa shape index (κ1) is 23.0. The average molecular weight is 405 g/mol. The number of ketones is 2. The molecule has 4 atom stereocenters. The van der Waals surface area contributed by atoms with Crippen LogP contribution in [0, 0.1) is 23.7 Å². The van der Waals surface area contributed by atoms with Gasteiger partial charge in [-0.05, 0) is 50.4 Å². The minimum atomic E-state index is -0.454. The van der Waals surface area contributed by atoms with Crippen molar-refractivity contribution in [2.45, 2.75) is 65.2 Å². The summed E-state index contributed by atoms with van der Waals surface area (Å²) < 4.78 is 10.1. The van der Waals surface area contributed by atoms with Crippen LogP contribution in [0.25, 0.3) is 0 Å². The standard InChI is InChI=1S/C23H32O6/c1-3-5-7-16-9-20(24)11-18(16)13-22(26)28-15-29-23(27)14-19-12-21(25)10-17(19)8-6-4-2/h3-6,16-19H,7-15H2,1-2H3. The van der Waals surface area contributed by atoms with Gasteiger partial charge in [0.2, 0.25) is 6.79 Å². The summed E-state index contributed by atoms with van der Waals surface area (Å²) in [7, 11) is 0. The minimum absolute atomic E-state index is 0.0150. The van der Waals surface area contributed by atoms with E-state index in [1.165, 1.54) is 0 Å². The van der Waals surface area contributed by atoms with Crippen molar-refractivity contribution in [1.29, 1.82) is 0 Å². The summed E-state index contributed by atoms with van der Waals surface area (Å²) in [6.07, 6.45) is 11.6. The maximum Gasteiger partial charge on any atom is 0.308 e. The van der Waals surface area contributed by atoms with Crippen molar-refractivity contribution >= 4 is 23.5 Å². The molecule has 0 aromatic carbocycles. The van der Waals surface area contributed by atoms with Crippen LogP contribution in [0.5, 0.6) is 0 Å². The van der Waals surface area contributed by atoms with Gasteiger partial charge in [0.05, 0.1) is 0 Å². The second kappa shape index (κ2) is 11.7. The number of carbonyl (C=O) groups excluding carboxylic acids is 4. The van der Waals surface area contributed by atoms with Crippen molar-refractivity contribution in [3.63, 3.8) is 0 Å². The summed E-state index contributed by atoms with van der Waals surface area (Å²) in [4.78, 5) is 47.6. The van der Waals surface area contributed by atoms with E-state index >= 15 is 0 Å². The summed E-state index contributed by atoms with van der Waals surface area (Å²) in [5, 5.41) is 0.